The maximum Gasteiger partial charge on any atom is 0.223 e. The Morgan fingerprint density at radius 1 is 1.10 bits per heavy atom. The van der Waals surface area contributed by atoms with E-state index in [1.54, 1.807) is 0 Å². The summed E-state index contributed by atoms with van der Waals surface area (Å²) in [6.07, 6.45) is 9.70. The van der Waals surface area contributed by atoms with Gasteiger partial charge in [-0.05, 0) is 54.2 Å². The van der Waals surface area contributed by atoms with Gasteiger partial charge in [0.1, 0.15) is 12.4 Å². The molecule has 30 heavy (non-hydrogen) atoms. The molecule has 2 atom stereocenters. The van der Waals surface area contributed by atoms with Crippen LogP contribution < -0.4 is 15.4 Å². The number of anilines is 1. The highest BCUT2D eigenvalue weighted by atomic mass is 16.5. The van der Waals surface area contributed by atoms with Crippen molar-refractivity contribution in [2.45, 2.75) is 50.8 Å². The van der Waals surface area contributed by atoms with Gasteiger partial charge in [-0.3, -0.25) is 4.68 Å². The molecule has 2 aromatic heterocycles. The smallest absolute Gasteiger partial charge is 0.223 e. The molecule has 1 aliphatic heterocycles. The van der Waals surface area contributed by atoms with Crippen molar-refractivity contribution in [1.82, 2.24) is 14.8 Å². The highest BCUT2D eigenvalue weighted by Gasteiger charge is 2.25. The molecule has 6 heteroatoms. The van der Waals surface area contributed by atoms with E-state index in [0.29, 0.717) is 12.6 Å². The summed E-state index contributed by atoms with van der Waals surface area (Å²) in [5, 5.41) is 4.28. The molecule has 0 bridgehead atoms. The molecule has 1 fully saturated rings. The number of aromatic nitrogens is 3. The largest absolute Gasteiger partial charge is 0.472 e. The van der Waals surface area contributed by atoms with Crippen LogP contribution in [0.25, 0.3) is 22.3 Å². The number of hydrogen-bond acceptors (Lipinski definition) is 5. The Kier molecular flexibility index (Phi) is 4.95. The van der Waals surface area contributed by atoms with Gasteiger partial charge in [-0.15, -0.1) is 0 Å². The van der Waals surface area contributed by atoms with Crippen molar-refractivity contribution in [2.75, 3.05) is 11.9 Å². The molecule has 1 aromatic carbocycles. The van der Waals surface area contributed by atoms with E-state index < -0.39 is 0 Å². The highest BCUT2D eigenvalue weighted by Crippen LogP contribution is 2.39. The summed E-state index contributed by atoms with van der Waals surface area (Å²) >= 11 is 0. The van der Waals surface area contributed by atoms with Crippen molar-refractivity contribution >= 4 is 5.82 Å². The van der Waals surface area contributed by atoms with Crippen molar-refractivity contribution in [1.29, 1.82) is 0 Å². The van der Waals surface area contributed by atoms with Gasteiger partial charge in [-0.1, -0.05) is 25.0 Å². The minimum Gasteiger partial charge on any atom is -0.472 e. The quantitative estimate of drug-likeness (QED) is 0.666. The van der Waals surface area contributed by atoms with Crippen molar-refractivity contribution in [3.05, 3.63) is 48.3 Å². The molecule has 1 aliphatic carbocycles. The summed E-state index contributed by atoms with van der Waals surface area (Å²) in [5.41, 5.74) is 12.0. The molecule has 3 aromatic rings. The minimum absolute atomic E-state index is 0.287. The van der Waals surface area contributed by atoms with Crippen LogP contribution in [-0.4, -0.2) is 33.9 Å². The van der Waals surface area contributed by atoms with Gasteiger partial charge in [-0.2, -0.15) is 10.1 Å². The van der Waals surface area contributed by atoms with Gasteiger partial charge in [0.05, 0.1) is 6.20 Å². The first-order valence-electron chi connectivity index (χ1n) is 10.8. The number of ether oxygens (including phenoxy) is 1. The summed E-state index contributed by atoms with van der Waals surface area (Å²) in [6.45, 7) is 0.533. The second kappa shape index (κ2) is 7.76. The summed E-state index contributed by atoms with van der Waals surface area (Å²) in [6, 6.07) is 11.5. The van der Waals surface area contributed by atoms with E-state index >= 15 is 0 Å². The molecule has 0 radical (unpaired) electrons. The molecule has 156 valence electrons. The molecule has 0 saturated heterocycles. The van der Waals surface area contributed by atoms with Crippen molar-refractivity contribution in [3.63, 3.8) is 0 Å². The van der Waals surface area contributed by atoms with Gasteiger partial charge < -0.3 is 15.4 Å². The summed E-state index contributed by atoms with van der Waals surface area (Å²) in [4.78, 5) is 7.16. The van der Waals surface area contributed by atoms with Crippen LogP contribution in [0.15, 0.2) is 42.7 Å². The van der Waals surface area contributed by atoms with Crippen molar-refractivity contribution in [3.8, 4) is 28.1 Å². The second-order valence-electron chi connectivity index (χ2n) is 8.63. The Morgan fingerprint density at radius 2 is 1.93 bits per heavy atom. The topological polar surface area (TPSA) is 69.2 Å². The van der Waals surface area contributed by atoms with E-state index in [1.165, 1.54) is 30.4 Å². The average Bonchev–Trinajstić information content (AvgIpc) is 3.08. The Balaban J connectivity index is 1.42. The fourth-order valence-electron chi connectivity index (χ4n) is 4.72. The zero-order valence-corrected chi connectivity index (χ0v) is 17.7. The number of rotatable bonds is 3. The molecule has 3 heterocycles. The van der Waals surface area contributed by atoms with Crippen LogP contribution in [0.5, 0.6) is 5.88 Å². The molecule has 0 amide bonds. The first-order chi connectivity index (χ1) is 14.6. The fraction of sp³-hybridized carbons (Fsp3) is 0.417. The lowest BCUT2D eigenvalue weighted by Gasteiger charge is -2.30. The van der Waals surface area contributed by atoms with Gasteiger partial charge in [0.15, 0.2) is 0 Å². The van der Waals surface area contributed by atoms with Crippen LogP contribution in [-0.2, 0) is 13.7 Å². The third-order valence-corrected chi connectivity index (χ3v) is 6.49. The molecule has 5 rings (SSSR count). The lowest BCUT2D eigenvalue weighted by Crippen LogP contribution is -2.36. The summed E-state index contributed by atoms with van der Waals surface area (Å²) in [7, 11) is 4.07. The fourth-order valence-corrected chi connectivity index (χ4v) is 4.72. The average molecular weight is 404 g/mol. The number of aryl methyl sites for hydroxylation is 1. The lowest BCUT2D eigenvalue weighted by atomic mass is 9.95. The van der Waals surface area contributed by atoms with Crippen LogP contribution in [0.2, 0.25) is 0 Å². The molecule has 1 saturated carbocycles. The first kappa shape index (κ1) is 19.1. The van der Waals surface area contributed by atoms with Crippen LogP contribution in [0.1, 0.15) is 37.7 Å². The van der Waals surface area contributed by atoms with Gasteiger partial charge in [0.25, 0.3) is 0 Å². The number of hydrogen-bond donors (Lipinski definition) is 1. The molecule has 2 aliphatic rings. The lowest BCUT2D eigenvalue weighted by molar-refractivity contribution is 0.290. The molecule has 0 spiro atoms. The first-order valence-corrected chi connectivity index (χ1v) is 10.8. The van der Waals surface area contributed by atoms with E-state index in [1.807, 2.05) is 24.1 Å². The highest BCUT2D eigenvalue weighted by molar-refractivity contribution is 5.78. The van der Waals surface area contributed by atoms with Gasteiger partial charge >= 0.3 is 0 Å². The number of nitrogens with zero attached hydrogens (tertiary/aromatic N) is 4. The van der Waals surface area contributed by atoms with Crippen LogP contribution in [0, 0.1) is 0 Å². The molecular formula is C24H29N5O. The molecule has 2 unspecified atom stereocenters. The molecule has 2 N–H and O–H groups in total. The minimum atomic E-state index is 0.287. The van der Waals surface area contributed by atoms with Gasteiger partial charge in [0, 0.05) is 43.5 Å². The maximum absolute atomic E-state index is 6.28. The predicted octanol–water partition coefficient (Wildman–Crippen LogP) is 4.14. The summed E-state index contributed by atoms with van der Waals surface area (Å²) in [5.74, 6) is 1.68. The van der Waals surface area contributed by atoms with Crippen LogP contribution in [0.4, 0.5) is 5.82 Å². The van der Waals surface area contributed by atoms with E-state index in [0.717, 1.165) is 41.2 Å². The monoisotopic (exact) mass is 403 g/mol. The predicted molar refractivity (Wildman–Crippen MR) is 119 cm³/mol. The van der Waals surface area contributed by atoms with E-state index in [-0.39, 0.29) is 6.04 Å². The third kappa shape index (κ3) is 3.56. The van der Waals surface area contributed by atoms with Crippen LogP contribution in [0.3, 0.4) is 0 Å². The number of nitrogens with two attached hydrogens (primary N) is 1. The maximum atomic E-state index is 6.28. The standard InChI is InChI=1S/C24H29N5O/c1-28-14-18(13-26-28)16-7-8-21-17(11-16)15-30-24-22(21)9-10-23(27-24)29(2)20-6-4-3-5-19(25)12-20/h7-11,13-14,19-20H,3-6,12,15,25H2,1-2H3. The number of pyridine rings is 1. The second-order valence-corrected chi connectivity index (χ2v) is 8.63. The van der Waals surface area contributed by atoms with Crippen molar-refractivity contribution in [2.24, 2.45) is 12.8 Å². The Morgan fingerprint density at radius 3 is 2.77 bits per heavy atom. The van der Waals surface area contributed by atoms with Crippen molar-refractivity contribution < 1.29 is 4.74 Å². The van der Waals surface area contributed by atoms with E-state index in [9.17, 15) is 0 Å². The Hall–Kier alpha value is -2.86. The molecule has 6 nitrogen and oxygen atoms in total. The van der Waals surface area contributed by atoms with Gasteiger partial charge in [0.2, 0.25) is 5.88 Å². The Labute approximate surface area is 177 Å². The SMILES string of the molecule is CN(c1ccc2c(n1)OCc1cc(-c3cnn(C)c3)ccc1-2)C1CCCCC(N)C1. The summed E-state index contributed by atoms with van der Waals surface area (Å²) < 4.78 is 7.91. The molecular weight excluding hydrogens is 374 g/mol. The number of benzene rings is 1. The Bertz CT molecular complexity index is 1060. The normalized spacial score (nSPS) is 20.6. The number of fused-ring (bicyclic) bond motifs is 3. The third-order valence-electron chi connectivity index (χ3n) is 6.49. The van der Waals surface area contributed by atoms with E-state index in [2.05, 4.69) is 47.4 Å². The van der Waals surface area contributed by atoms with Crippen LogP contribution >= 0.6 is 0 Å². The zero-order valence-electron chi connectivity index (χ0n) is 17.7. The van der Waals surface area contributed by atoms with Gasteiger partial charge in [-0.25, -0.2) is 0 Å². The zero-order chi connectivity index (χ0) is 20.7. The van der Waals surface area contributed by atoms with E-state index in [4.69, 9.17) is 15.5 Å².